The lowest BCUT2D eigenvalue weighted by atomic mass is 9.88. The quantitative estimate of drug-likeness (QED) is 0.198. The summed E-state index contributed by atoms with van der Waals surface area (Å²) in [6.45, 7) is 0. The lowest BCUT2D eigenvalue weighted by Crippen LogP contribution is -2.63. The van der Waals surface area contributed by atoms with Crippen molar-refractivity contribution in [1.82, 2.24) is 0 Å². The van der Waals surface area contributed by atoms with Crippen LogP contribution < -0.4 is 0 Å². The van der Waals surface area contributed by atoms with Gasteiger partial charge in [0.2, 0.25) is 9.84 Å². The summed E-state index contributed by atoms with van der Waals surface area (Å²) in [5.74, 6) is -22.8. The standard InChI is InChI=1S/C13H2F17O4S2/c14-3-2(4(15)6(17)7(18)5(3)16)8(36(33,34)13(28,29)30)35(31,32)1-9(10(19,20)21,11(22,23)24)12(25,26)27/h1H2/q-1. The molecular formula is C13H2F17O4S2-. The SMILES string of the molecule is O=S(=O)(CC(C(F)(F)F)(C(F)(F)F)C(F)(F)F)[C-](c1c(F)c(F)c(F)c(F)c1F)S(=O)(=O)C(F)(F)F. The average molecular weight is 609 g/mol. The zero-order chi connectivity index (χ0) is 29.2. The number of hydrogen-bond donors (Lipinski definition) is 0. The molecule has 0 aliphatic rings. The second-order valence-corrected chi connectivity index (χ2v) is 10.4. The van der Waals surface area contributed by atoms with Crippen LogP contribution in [0.15, 0.2) is 0 Å². The van der Waals surface area contributed by atoms with Crippen LogP contribution in [0, 0.1) is 39.1 Å². The summed E-state index contributed by atoms with van der Waals surface area (Å²) in [5.41, 5.74) is -18.7. The molecule has 0 amide bonds. The van der Waals surface area contributed by atoms with E-state index in [0.29, 0.717) is 0 Å². The van der Waals surface area contributed by atoms with Crippen molar-refractivity contribution in [2.75, 3.05) is 5.75 Å². The van der Waals surface area contributed by atoms with Crippen molar-refractivity contribution < 1.29 is 91.5 Å². The molecule has 0 aromatic heterocycles. The molecule has 0 saturated carbocycles. The fourth-order valence-corrected chi connectivity index (χ4v) is 6.56. The van der Waals surface area contributed by atoms with Crippen LogP contribution in [0.3, 0.4) is 0 Å². The molecule has 0 N–H and O–H groups in total. The van der Waals surface area contributed by atoms with E-state index in [9.17, 15) is 91.5 Å². The Kier molecular flexibility index (Phi) is 7.68. The van der Waals surface area contributed by atoms with Crippen molar-refractivity contribution in [3.8, 4) is 0 Å². The van der Waals surface area contributed by atoms with Crippen LogP contribution in [-0.4, -0.2) is 46.6 Å². The van der Waals surface area contributed by atoms with Crippen molar-refractivity contribution >= 4 is 19.7 Å². The summed E-state index contributed by atoms with van der Waals surface area (Å²) >= 11 is 0. The van der Waals surface area contributed by atoms with Crippen LogP contribution >= 0.6 is 0 Å². The largest absolute Gasteiger partial charge is 0.491 e. The Morgan fingerprint density at radius 2 is 0.806 bits per heavy atom. The summed E-state index contributed by atoms with van der Waals surface area (Å²) in [7, 11) is -16.4. The molecule has 0 atom stereocenters. The highest BCUT2D eigenvalue weighted by Crippen LogP contribution is 2.61. The maximum absolute atomic E-state index is 13.9. The minimum absolute atomic E-state index is 3.34. The van der Waals surface area contributed by atoms with Crippen LogP contribution in [0.1, 0.15) is 5.56 Å². The van der Waals surface area contributed by atoms with Gasteiger partial charge < -0.3 is 0 Å². The molecule has 0 radical (unpaired) electrons. The van der Waals surface area contributed by atoms with Crippen molar-refractivity contribution in [1.29, 1.82) is 0 Å². The topological polar surface area (TPSA) is 68.3 Å². The minimum Gasteiger partial charge on any atom is -0.280 e. The van der Waals surface area contributed by atoms with Gasteiger partial charge in [-0.2, -0.15) is 52.7 Å². The number of alkyl halides is 12. The third kappa shape index (κ3) is 4.74. The van der Waals surface area contributed by atoms with Crippen LogP contribution in [0.4, 0.5) is 74.6 Å². The second kappa shape index (κ2) is 8.68. The number of hydrogen-bond acceptors (Lipinski definition) is 4. The number of sulfone groups is 2. The number of benzene rings is 1. The monoisotopic (exact) mass is 609 g/mol. The first kappa shape index (κ1) is 31.8. The van der Waals surface area contributed by atoms with Gasteiger partial charge in [0.05, 0.1) is 22.0 Å². The van der Waals surface area contributed by atoms with E-state index in [-0.39, 0.29) is 0 Å². The van der Waals surface area contributed by atoms with Crippen LogP contribution in [0.5, 0.6) is 0 Å². The Balaban J connectivity index is 4.36. The molecule has 36 heavy (non-hydrogen) atoms. The van der Waals surface area contributed by atoms with Gasteiger partial charge in [0.25, 0.3) is 5.41 Å². The molecule has 0 unspecified atom stereocenters. The van der Waals surface area contributed by atoms with E-state index in [2.05, 4.69) is 0 Å². The van der Waals surface area contributed by atoms with Gasteiger partial charge in [-0.15, -0.1) is 0 Å². The van der Waals surface area contributed by atoms with Gasteiger partial charge in [-0.1, -0.05) is 5.56 Å². The normalized spacial score (nSPS) is 14.8. The molecule has 4 nitrogen and oxygen atoms in total. The maximum Gasteiger partial charge on any atom is 0.491 e. The Morgan fingerprint density at radius 1 is 0.528 bits per heavy atom. The first-order valence-corrected chi connectivity index (χ1v) is 10.8. The van der Waals surface area contributed by atoms with Gasteiger partial charge in [-0.25, -0.2) is 30.0 Å². The third-order valence-corrected chi connectivity index (χ3v) is 8.41. The van der Waals surface area contributed by atoms with Gasteiger partial charge in [0.15, 0.2) is 5.82 Å². The predicted octanol–water partition coefficient (Wildman–Crippen LogP) is 5.24. The van der Waals surface area contributed by atoms with Crippen LogP contribution in [-0.2, 0) is 19.7 Å². The van der Waals surface area contributed by atoms with Gasteiger partial charge >= 0.3 is 24.0 Å². The molecule has 0 fully saturated rings. The van der Waals surface area contributed by atoms with E-state index in [0.717, 1.165) is 0 Å². The highest BCUT2D eigenvalue weighted by Gasteiger charge is 2.84. The van der Waals surface area contributed by atoms with E-state index in [1.807, 2.05) is 0 Å². The molecule has 0 aliphatic heterocycles. The Morgan fingerprint density at radius 3 is 1.06 bits per heavy atom. The summed E-state index contributed by atoms with van der Waals surface area (Å²) < 4.78 is 267. The lowest BCUT2D eigenvalue weighted by Gasteiger charge is -2.39. The summed E-state index contributed by atoms with van der Waals surface area (Å²) in [5, 5.41) is 0. The van der Waals surface area contributed by atoms with Crippen molar-refractivity contribution in [2.24, 2.45) is 5.41 Å². The van der Waals surface area contributed by atoms with Crippen molar-refractivity contribution in [2.45, 2.75) is 24.0 Å². The van der Waals surface area contributed by atoms with Crippen LogP contribution in [0.25, 0.3) is 0 Å². The van der Waals surface area contributed by atoms with E-state index < -0.39 is 94.1 Å². The van der Waals surface area contributed by atoms with Gasteiger partial charge in [0.1, 0.15) is 21.5 Å². The van der Waals surface area contributed by atoms with Crippen molar-refractivity contribution in [3.63, 3.8) is 0 Å². The molecule has 210 valence electrons. The smallest absolute Gasteiger partial charge is 0.280 e. The average Bonchev–Trinajstić information content (AvgIpc) is 2.62. The Hall–Kier alpha value is -2.20. The summed E-state index contributed by atoms with van der Waals surface area (Å²) in [6.07, 6.45) is -23.6. The lowest BCUT2D eigenvalue weighted by molar-refractivity contribution is -0.418. The zero-order valence-electron chi connectivity index (χ0n) is 15.6. The van der Waals surface area contributed by atoms with E-state index in [1.54, 1.807) is 0 Å². The summed E-state index contributed by atoms with van der Waals surface area (Å²) in [6, 6.07) is 0. The van der Waals surface area contributed by atoms with E-state index >= 15 is 0 Å². The molecule has 0 heterocycles. The highest BCUT2D eigenvalue weighted by atomic mass is 32.3. The van der Waals surface area contributed by atoms with Gasteiger partial charge in [-0.05, 0) is 0 Å². The molecule has 1 aromatic rings. The first-order valence-electron chi connectivity index (χ1n) is 7.63. The highest BCUT2D eigenvalue weighted by molar-refractivity contribution is 8.13. The number of halogens is 17. The molecule has 0 aliphatic carbocycles. The number of rotatable bonds is 5. The van der Waals surface area contributed by atoms with Gasteiger partial charge in [0, 0.05) is 0 Å². The molecule has 0 bridgehead atoms. The van der Waals surface area contributed by atoms with Crippen LogP contribution in [0.2, 0.25) is 0 Å². The van der Waals surface area contributed by atoms with E-state index in [1.165, 1.54) is 0 Å². The Labute approximate surface area is 186 Å². The molecule has 1 rings (SSSR count). The van der Waals surface area contributed by atoms with Gasteiger partial charge in [-0.3, -0.25) is 8.78 Å². The summed E-state index contributed by atoms with van der Waals surface area (Å²) in [4.78, 5) is 0. The zero-order valence-corrected chi connectivity index (χ0v) is 17.2. The fourth-order valence-electron chi connectivity index (χ4n) is 2.42. The third-order valence-electron chi connectivity index (χ3n) is 4.10. The van der Waals surface area contributed by atoms with E-state index in [4.69, 9.17) is 0 Å². The van der Waals surface area contributed by atoms with Crippen molar-refractivity contribution in [3.05, 3.63) is 39.2 Å². The molecule has 23 heteroatoms. The first-order chi connectivity index (χ1) is 15.5. The molecule has 0 saturated heterocycles. The predicted molar refractivity (Wildman–Crippen MR) is 77.9 cm³/mol. The minimum atomic E-state index is -8.26. The molecular weight excluding hydrogens is 607 g/mol. The molecule has 0 spiro atoms. The maximum atomic E-state index is 13.9. The molecule has 1 aromatic carbocycles. The Bertz CT molecular complexity index is 1170. The fraction of sp³-hybridized carbons (Fsp3) is 0.462. The second-order valence-electron chi connectivity index (χ2n) is 6.34.